The second-order valence-corrected chi connectivity index (χ2v) is 15.4. The van der Waals surface area contributed by atoms with E-state index in [1.807, 2.05) is 59.0 Å². The van der Waals surface area contributed by atoms with Gasteiger partial charge in [-0.3, -0.25) is 14.5 Å². The van der Waals surface area contributed by atoms with Crippen molar-refractivity contribution in [1.82, 2.24) is 4.90 Å². The molecule has 0 spiro atoms. The zero-order valence-corrected chi connectivity index (χ0v) is 30.3. The van der Waals surface area contributed by atoms with E-state index in [0.29, 0.717) is 30.8 Å². The van der Waals surface area contributed by atoms with Gasteiger partial charge in [-0.15, -0.1) is 0 Å². The average molecular weight is 694 g/mol. The molecule has 0 radical (unpaired) electrons. The summed E-state index contributed by atoms with van der Waals surface area (Å²) >= 11 is 6.09. The SMILES string of the molecule is CC[C@H]1OC(=O)O[C@@]1(C)[C@@H]1OC(=O)[C@H](C)C(=O)[C@@H](C)[C@@H](O[C@H]2O[C@@H](C)C[C@@H](N(C)Cc3ccc(Cl)cc3)[C@@H]2O)[C@@]2(C)C[C@@H](C)[C@H](O2)[C@@H]1C. The van der Waals surface area contributed by atoms with Crippen LogP contribution in [0.3, 0.4) is 0 Å². The molecular formula is C36H52ClNO10. The van der Waals surface area contributed by atoms with E-state index in [-0.39, 0.29) is 23.8 Å². The molecule has 4 saturated heterocycles. The van der Waals surface area contributed by atoms with E-state index in [9.17, 15) is 19.5 Å². The molecule has 48 heavy (non-hydrogen) atoms. The van der Waals surface area contributed by atoms with Crippen LogP contribution in [-0.2, 0) is 44.6 Å². The molecule has 1 aromatic rings. The van der Waals surface area contributed by atoms with Gasteiger partial charge in [0, 0.05) is 29.4 Å². The van der Waals surface area contributed by atoms with Crippen LogP contribution in [0.25, 0.3) is 0 Å². The minimum Gasteiger partial charge on any atom is -0.457 e. The van der Waals surface area contributed by atoms with Crippen molar-refractivity contribution in [2.75, 3.05) is 7.05 Å². The Morgan fingerprint density at radius 2 is 1.71 bits per heavy atom. The second kappa shape index (κ2) is 14.2. The number of Topliss-reactive ketones (excluding diaryl/α,β-unsaturated/α-hetero) is 1. The number of aliphatic hydroxyl groups is 1. The fraction of sp³-hybridized carbons (Fsp3) is 0.750. The number of aliphatic hydroxyl groups excluding tert-OH is 1. The van der Waals surface area contributed by atoms with Gasteiger partial charge in [0.1, 0.15) is 24.2 Å². The van der Waals surface area contributed by atoms with Crippen LogP contribution in [0.15, 0.2) is 24.3 Å². The maximum absolute atomic E-state index is 14.1. The summed E-state index contributed by atoms with van der Waals surface area (Å²) in [5.74, 6) is -3.56. The Hall–Kier alpha value is -2.28. The van der Waals surface area contributed by atoms with Gasteiger partial charge in [-0.2, -0.15) is 0 Å². The highest BCUT2D eigenvalue weighted by atomic mass is 35.5. The van der Waals surface area contributed by atoms with Crippen molar-refractivity contribution in [3.05, 3.63) is 34.9 Å². The number of esters is 1. The predicted octanol–water partition coefficient (Wildman–Crippen LogP) is 5.31. The normalized spacial score (nSPS) is 43.8. The molecule has 4 fully saturated rings. The van der Waals surface area contributed by atoms with E-state index < -0.39 is 77.9 Å². The number of benzene rings is 1. The number of ketones is 1. The monoisotopic (exact) mass is 693 g/mol. The van der Waals surface area contributed by atoms with Gasteiger partial charge < -0.3 is 33.5 Å². The van der Waals surface area contributed by atoms with E-state index in [0.717, 1.165) is 5.56 Å². The summed E-state index contributed by atoms with van der Waals surface area (Å²) < 4.78 is 37.1. The molecule has 0 aromatic heterocycles. The van der Waals surface area contributed by atoms with Crippen LogP contribution in [0.5, 0.6) is 0 Å². The van der Waals surface area contributed by atoms with Crippen molar-refractivity contribution in [2.24, 2.45) is 23.7 Å². The van der Waals surface area contributed by atoms with Crippen molar-refractivity contribution in [1.29, 1.82) is 0 Å². The number of fused-ring (bicyclic) bond motifs is 2. The summed E-state index contributed by atoms with van der Waals surface area (Å²) in [7, 11) is 1.95. The Kier molecular flexibility index (Phi) is 10.9. The number of halogens is 1. The second-order valence-electron chi connectivity index (χ2n) is 15.0. The number of likely N-dealkylation sites (N-methyl/N-ethyl adjacent to an activating group) is 1. The van der Waals surface area contributed by atoms with Crippen LogP contribution in [0.1, 0.15) is 80.2 Å². The maximum Gasteiger partial charge on any atom is 0.509 e. The third-order valence-corrected chi connectivity index (χ3v) is 11.4. The molecule has 0 unspecified atom stereocenters. The van der Waals surface area contributed by atoms with Crippen molar-refractivity contribution in [3.8, 4) is 0 Å². The van der Waals surface area contributed by atoms with Crippen LogP contribution in [0.2, 0.25) is 5.02 Å². The number of carbonyl (C=O) groups excluding carboxylic acids is 3. The zero-order valence-electron chi connectivity index (χ0n) is 29.5. The molecule has 14 atom stereocenters. The van der Waals surface area contributed by atoms with Crippen LogP contribution < -0.4 is 0 Å². The van der Waals surface area contributed by atoms with Crippen molar-refractivity contribution in [3.63, 3.8) is 0 Å². The molecule has 5 rings (SSSR count). The number of hydrogen-bond acceptors (Lipinski definition) is 11. The molecule has 268 valence electrons. The predicted molar refractivity (Wildman–Crippen MR) is 176 cm³/mol. The topological polar surface area (TPSA) is 130 Å². The smallest absolute Gasteiger partial charge is 0.457 e. The van der Waals surface area contributed by atoms with Gasteiger partial charge in [0.25, 0.3) is 0 Å². The van der Waals surface area contributed by atoms with Crippen molar-refractivity contribution in [2.45, 2.75) is 141 Å². The summed E-state index contributed by atoms with van der Waals surface area (Å²) in [6.07, 6.45) is -4.52. The Balaban J connectivity index is 1.45. The number of ether oxygens (including phenoxy) is 6. The van der Waals surface area contributed by atoms with E-state index in [4.69, 9.17) is 40.0 Å². The molecule has 11 nitrogen and oxygen atoms in total. The van der Waals surface area contributed by atoms with Crippen molar-refractivity contribution < 1.29 is 47.9 Å². The molecular weight excluding hydrogens is 642 g/mol. The highest BCUT2D eigenvalue weighted by Crippen LogP contribution is 2.48. The molecule has 1 aromatic carbocycles. The van der Waals surface area contributed by atoms with E-state index in [1.165, 1.54) is 6.92 Å². The van der Waals surface area contributed by atoms with Gasteiger partial charge in [0.15, 0.2) is 17.7 Å². The Labute approximate surface area is 288 Å². The van der Waals surface area contributed by atoms with Crippen LogP contribution >= 0.6 is 11.6 Å². The van der Waals surface area contributed by atoms with Gasteiger partial charge in [0.2, 0.25) is 0 Å². The molecule has 1 N–H and O–H groups in total. The zero-order chi connectivity index (χ0) is 35.3. The third-order valence-electron chi connectivity index (χ3n) is 11.1. The highest BCUT2D eigenvalue weighted by Gasteiger charge is 2.61. The maximum atomic E-state index is 14.1. The number of rotatable bonds is 7. The Bertz CT molecular complexity index is 1340. The fourth-order valence-electron chi connectivity index (χ4n) is 8.59. The van der Waals surface area contributed by atoms with Crippen LogP contribution in [-0.4, -0.2) is 95.1 Å². The van der Waals surface area contributed by atoms with Crippen LogP contribution in [0, 0.1) is 23.7 Å². The first-order valence-electron chi connectivity index (χ1n) is 17.2. The number of nitrogens with zero attached hydrogens (tertiary/aromatic N) is 1. The highest BCUT2D eigenvalue weighted by molar-refractivity contribution is 6.30. The van der Waals surface area contributed by atoms with Gasteiger partial charge in [-0.1, -0.05) is 51.4 Å². The van der Waals surface area contributed by atoms with Gasteiger partial charge in [-0.05, 0) is 77.6 Å². The lowest BCUT2D eigenvalue weighted by Gasteiger charge is -2.46. The van der Waals surface area contributed by atoms with Gasteiger partial charge in [-0.25, -0.2) is 4.79 Å². The molecule has 4 heterocycles. The van der Waals surface area contributed by atoms with E-state index in [1.54, 1.807) is 13.8 Å². The lowest BCUT2D eigenvalue weighted by Crippen LogP contribution is -2.58. The Morgan fingerprint density at radius 3 is 2.35 bits per heavy atom. The molecule has 0 saturated carbocycles. The lowest BCUT2D eigenvalue weighted by atomic mass is 9.76. The molecule has 4 aliphatic heterocycles. The molecule has 2 bridgehead atoms. The minimum atomic E-state index is -1.29. The number of hydrogen-bond donors (Lipinski definition) is 1. The summed E-state index contributed by atoms with van der Waals surface area (Å²) in [6.45, 7) is 15.2. The standard InChI is InChI=1S/C36H52ClNO10/c1-10-26-36(8,48-34(42)44-26)31-22(6)29-18(2)16-35(7,47-29)30(20(4)27(39)21(5)32(41)45-31)46-33-28(40)25(15-19(3)43-33)38(9)17-23-11-13-24(37)14-12-23/h11-14,18-22,25-26,28-31,33,40H,10,15-17H2,1-9H3/t18-,19+,20-,21-,22+,25-,26-,28+,29+,30-,31-,33-,35-,36-/m1/s1. The Morgan fingerprint density at radius 1 is 1.04 bits per heavy atom. The van der Waals surface area contributed by atoms with Gasteiger partial charge in [0.05, 0.1) is 23.9 Å². The van der Waals surface area contributed by atoms with E-state index >= 15 is 0 Å². The average Bonchev–Trinajstić information content (AvgIpc) is 3.52. The van der Waals surface area contributed by atoms with Crippen LogP contribution in [0.4, 0.5) is 4.79 Å². The molecule has 0 aliphatic carbocycles. The number of cyclic esters (lactones) is 3. The first-order chi connectivity index (χ1) is 22.5. The largest absolute Gasteiger partial charge is 0.509 e. The van der Waals surface area contributed by atoms with E-state index in [2.05, 4.69) is 11.8 Å². The summed E-state index contributed by atoms with van der Waals surface area (Å²) in [6, 6.07) is 7.29. The molecule has 12 heteroatoms. The molecule has 0 amide bonds. The van der Waals surface area contributed by atoms with Gasteiger partial charge >= 0.3 is 12.1 Å². The van der Waals surface area contributed by atoms with Crippen molar-refractivity contribution >= 4 is 29.5 Å². The quantitative estimate of drug-likeness (QED) is 0.295. The summed E-state index contributed by atoms with van der Waals surface area (Å²) in [5, 5.41) is 12.4. The first-order valence-corrected chi connectivity index (χ1v) is 17.6. The summed E-state index contributed by atoms with van der Waals surface area (Å²) in [5.41, 5.74) is -1.23. The minimum absolute atomic E-state index is 0.0486. The first kappa shape index (κ1) is 37.0. The number of carbonyl (C=O) groups is 3. The lowest BCUT2D eigenvalue weighted by molar-refractivity contribution is -0.296. The fourth-order valence-corrected chi connectivity index (χ4v) is 8.71. The molecule has 4 aliphatic rings. The summed E-state index contributed by atoms with van der Waals surface area (Å²) in [4.78, 5) is 42.2. The third kappa shape index (κ3) is 7.01.